The highest BCUT2D eigenvalue weighted by molar-refractivity contribution is 6.42. The van der Waals surface area contributed by atoms with Gasteiger partial charge in [0.25, 0.3) is 0 Å². The van der Waals surface area contributed by atoms with Crippen molar-refractivity contribution >= 4 is 40.7 Å². The number of nitrogens with one attached hydrogen (secondary N) is 2. The summed E-state index contributed by atoms with van der Waals surface area (Å²) < 4.78 is 39.4. The van der Waals surface area contributed by atoms with Gasteiger partial charge in [-0.25, -0.2) is 4.98 Å². The SMILES string of the molecule is CC(C)[C@@H](CO)Nc1nc(Nc2ccc(Cl)c(Cl)c2)cc(C(F)(F)F)n1. The quantitative estimate of drug-likeness (QED) is 0.628. The summed E-state index contributed by atoms with van der Waals surface area (Å²) >= 11 is 11.7. The summed E-state index contributed by atoms with van der Waals surface area (Å²) in [6.07, 6.45) is -4.65. The molecular weight excluding hydrogens is 392 g/mol. The van der Waals surface area contributed by atoms with Crippen molar-refractivity contribution in [3.63, 3.8) is 0 Å². The van der Waals surface area contributed by atoms with Crippen LogP contribution < -0.4 is 10.6 Å². The van der Waals surface area contributed by atoms with Gasteiger partial charge < -0.3 is 15.7 Å². The first-order chi connectivity index (χ1) is 12.1. The Labute approximate surface area is 158 Å². The number of hydrogen-bond donors (Lipinski definition) is 3. The van der Waals surface area contributed by atoms with Crippen LogP contribution in [0.2, 0.25) is 10.0 Å². The monoisotopic (exact) mass is 408 g/mol. The Balaban J connectivity index is 2.38. The fraction of sp³-hybridized carbons (Fsp3) is 0.375. The number of aliphatic hydroxyl groups excluding tert-OH is 1. The van der Waals surface area contributed by atoms with Crippen molar-refractivity contribution in [1.29, 1.82) is 0 Å². The molecule has 0 aliphatic carbocycles. The largest absolute Gasteiger partial charge is 0.433 e. The lowest BCUT2D eigenvalue weighted by Crippen LogP contribution is -2.30. The lowest BCUT2D eigenvalue weighted by molar-refractivity contribution is -0.141. The predicted molar refractivity (Wildman–Crippen MR) is 96.1 cm³/mol. The Morgan fingerprint density at radius 3 is 2.35 bits per heavy atom. The molecule has 0 aliphatic heterocycles. The molecule has 1 aromatic heterocycles. The second kappa shape index (κ2) is 8.28. The third kappa shape index (κ3) is 5.36. The van der Waals surface area contributed by atoms with Gasteiger partial charge in [-0.15, -0.1) is 0 Å². The highest BCUT2D eigenvalue weighted by Gasteiger charge is 2.34. The van der Waals surface area contributed by atoms with Gasteiger partial charge in [0.1, 0.15) is 5.82 Å². The molecule has 0 aliphatic rings. The maximum atomic E-state index is 13.1. The number of benzene rings is 1. The van der Waals surface area contributed by atoms with Crippen LogP contribution in [0.25, 0.3) is 0 Å². The first-order valence-corrected chi connectivity index (χ1v) is 8.41. The van der Waals surface area contributed by atoms with Crippen molar-refractivity contribution in [2.75, 3.05) is 17.2 Å². The average Bonchev–Trinajstić information content (AvgIpc) is 2.55. The minimum atomic E-state index is -4.65. The molecule has 0 radical (unpaired) electrons. The van der Waals surface area contributed by atoms with Gasteiger partial charge in [-0.2, -0.15) is 18.2 Å². The van der Waals surface area contributed by atoms with E-state index in [1.807, 2.05) is 13.8 Å². The van der Waals surface area contributed by atoms with E-state index in [9.17, 15) is 18.3 Å². The average molecular weight is 409 g/mol. The predicted octanol–water partition coefficient (Wildman–Crippen LogP) is 4.97. The number of aromatic nitrogens is 2. The molecule has 1 heterocycles. The Hall–Kier alpha value is -1.77. The molecule has 0 saturated carbocycles. The second-order valence-corrected chi connectivity index (χ2v) is 6.71. The standard InChI is InChI=1S/C16H17Cl2F3N4O/c1-8(2)12(7-26)23-15-24-13(16(19,20)21)6-14(25-15)22-9-3-4-10(17)11(18)5-9/h3-6,8,12,26H,7H2,1-2H3,(H2,22,23,24,25)/t12-/m1/s1. The maximum absolute atomic E-state index is 13.1. The Morgan fingerprint density at radius 1 is 1.12 bits per heavy atom. The van der Waals surface area contributed by atoms with E-state index in [4.69, 9.17) is 23.2 Å². The van der Waals surface area contributed by atoms with Crippen LogP contribution in [0.15, 0.2) is 24.3 Å². The molecule has 142 valence electrons. The topological polar surface area (TPSA) is 70.1 Å². The number of hydrogen-bond acceptors (Lipinski definition) is 5. The first-order valence-electron chi connectivity index (χ1n) is 7.66. The van der Waals surface area contributed by atoms with Crippen LogP contribution in [-0.2, 0) is 6.18 Å². The Morgan fingerprint density at radius 2 is 1.81 bits per heavy atom. The summed E-state index contributed by atoms with van der Waals surface area (Å²) in [6, 6.07) is 4.84. The molecule has 1 atom stereocenters. The highest BCUT2D eigenvalue weighted by atomic mass is 35.5. The van der Waals surface area contributed by atoms with Gasteiger partial charge in [0.2, 0.25) is 5.95 Å². The van der Waals surface area contributed by atoms with E-state index < -0.39 is 17.9 Å². The van der Waals surface area contributed by atoms with Gasteiger partial charge in [0.15, 0.2) is 5.69 Å². The molecule has 3 N–H and O–H groups in total. The number of anilines is 3. The summed E-state index contributed by atoms with van der Waals surface area (Å²) in [6.45, 7) is 3.36. The van der Waals surface area contributed by atoms with Crippen LogP contribution >= 0.6 is 23.2 Å². The van der Waals surface area contributed by atoms with Crippen LogP contribution in [0.1, 0.15) is 19.5 Å². The third-order valence-corrected chi connectivity index (χ3v) is 4.26. The molecule has 2 rings (SSSR count). The van der Waals surface area contributed by atoms with E-state index in [0.29, 0.717) is 10.7 Å². The molecule has 26 heavy (non-hydrogen) atoms. The van der Waals surface area contributed by atoms with E-state index in [2.05, 4.69) is 20.6 Å². The zero-order valence-corrected chi connectivity index (χ0v) is 15.4. The number of alkyl halides is 3. The van der Waals surface area contributed by atoms with Crippen molar-refractivity contribution in [3.8, 4) is 0 Å². The van der Waals surface area contributed by atoms with Gasteiger partial charge in [0.05, 0.1) is 22.7 Å². The zero-order chi connectivity index (χ0) is 19.5. The number of rotatable bonds is 6. The summed E-state index contributed by atoms with van der Waals surface area (Å²) in [5.41, 5.74) is -0.697. The van der Waals surface area contributed by atoms with E-state index in [-0.39, 0.29) is 29.3 Å². The van der Waals surface area contributed by atoms with Crippen molar-refractivity contribution < 1.29 is 18.3 Å². The molecule has 2 aromatic rings. The third-order valence-electron chi connectivity index (χ3n) is 3.52. The molecule has 0 bridgehead atoms. The molecule has 0 amide bonds. The Kier molecular flexibility index (Phi) is 6.54. The van der Waals surface area contributed by atoms with Gasteiger partial charge in [-0.3, -0.25) is 0 Å². The molecule has 5 nitrogen and oxygen atoms in total. The Bertz CT molecular complexity index is 772. The fourth-order valence-corrected chi connectivity index (χ4v) is 2.33. The van der Waals surface area contributed by atoms with Crippen LogP contribution in [0.5, 0.6) is 0 Å². The van der Waals surface area contributed by atoms with E-state index in [1.54, 1.807) is 6.07 Å². The minimum absolute atomic E-state index is 0.0374. The van der Waals surface area contributed by atoms with Crippen LogP contribution in [-0.4, -0.2) is 27.7 Å². The van der Waals surface area contributed by atoms with Gasteiger partial charge in [-0.1, -0.05) is 37.0 Å². The molecule has 10 heteroatoms. The molecule has 1 aromatic carbocycles. The maximum Gasteiger partial charge on any atom is 0.433 e. The molecular formula is C16H17Cl2F3N4O. The molecule has 0 unspecified atom stereocenters. The van der Waals surface area contributed by atoms with Gasteiger partial charge in [-0.05, 0) is 24.1 Å². The van der Waals surface area contributed by atoms with E-state index in [0.717, 1.165) is 6.07 Å². The van der Waals surface area contributed by atoms with Crippen molar-refractivity contribution in [2.24, 2.45) is 5.92 Å². The fourth-order valence-electron chi connectivity index (χ4n) is 2.03. The highest BCUT2D eigenvalue weighted by Crippen LogP contribution is 2.32. The van der Waals surface area contributed by atoms with Crippen LogP contribution in [0.4, 0.5) is 30.6 Å². The minimum Gasteiger partial charge on any atom is -0.394 e. The first kappa shape index (κ1) is 20.5. The summed E-state index contributed by atoms with van der Waals surface area (Å²) in [5.74, 6) is -0.353. The van der Waals surface area contributed by atoms with Crippen molar-refractivity contribution in [2.45, 2.75) is 26.1 Å². The summed E-state index contributed by atoms with van der Waals surface area (Å²) in [7, 11) is 0. The zero-order valence-electron chi connectivity index (χ0n) is 13.9. The van der Waals surface area contributed by atoms with Crippen molar-refractivity contribution in [3.05, 3.63) is 40.0 Å². The van der Waals surface area contributed by atoms with Gasteiger partial charge >= 0.3 is 6.18 Å². The number of aliphatic hydroxyl groups is 1. The smallest absolute Gasteiger partial charge is 0.394 e. The van der Waals surface area contributed by atoms with E-state index in [1.165, 1.54) is 12.1 Å². The summed E-state index contributed by atoms with van der Waals surface area (Å²) in [5, 5.41) is 15.4. The second-order valence-electron chi connectivity index (χ2n) is 5.89. The van der Waals surface area contributed by atoms with Crippen LogP contribution in [0, 0.1) is 5.92 Å². The van der Waals surface area contributed by atoms with Crippen LogP contribution in [0.3, 0.4) is 0 Å². The molecule has 0 spiro atoms. The lowest BCUT2D eigenvalue weighted by atomic mass is 10.1. The summed E-state index contributed by atoms with van der Waals surface area (Å²) in [4.78, 5) is 7.55. The molecule has 0 saturated heterocycles. The normalized spacial score (nSPS) is 13.0. The van der Waals surface area contributed by atoms with E-state index >= 15 is 0 Å². The van der Waals surface area contributed by atoms with Gasteiger partial charge in [0, 0.05) is 11.8 Å². The van der Waals surface area contributed by atoms with Crippen molar-refractivity contribution in [1.82, 2.24) is 9.97 Å². The number of halogens is 5. The lowest BCUT2D eigenvalue weighted by Gasteiger charge is -2.21. The number of nitrogens with zero attached hydrogens (tertiary/aromatic N) is 2. The molecule has 0 fully saturated rings.